The van der Waals surface area contributed by atoms with E-state index in [1.807, 2.05) is 0 Å². The van der Waals surface area contributed by atoms with Gasteiger partial charge in [-0.05, 0) is 0 Å². The summed E-state index contributed by atoms with van der Waals surface area (Å²) >= 11 is -4.17. The summed E-state index contributed by atoms with van der Waals surface area (Å²) < 4.78 is 6.62. The molecule has 0 fully saturated rings. The van der Waals surface area contributed by atoms with Crippen LogP contribution in [0, 0.1) is 0 Å². The third kappa shape index (κ3) is 2.58. The summed E-state index contributed by atoms with van der Waals surface area (Å²) in [4.78, 5) is 0. The molecule has 4 aromatic carbocycles. The number of allylic oxidation sites excluding steroid dienone is 2. The van der Waals surface area contributed by atoms with Crippen LogP contribution in [0.5, 0.6) is 0 Å². The molecule has 2 aliphatic carbocycles. The van der Waals surface area contributed by atoms with Crippen molar-refractivity contribution in [3.05, 3.63) is 144 Å². The van der Waals surface area contributed by atoms with Crippen molar-refractivity contribution in [2.24, 2.45) is 0 Å². The van der Waals surface area contributed by atoms with E-state index in [1.165, 1.54) is 22.3 Å². The topological polar surface area (TPSA) is 0 Å². The fourth-order valence-electron chi connectivity index (χ4n) is 6.64. The molecule has 1 heteroatoms. The van der Waals surface area contributed by atoms with Gasteiger partial charge in [0.25, 0.3) is 0 Å². The van der Waals surface area contributed by atoms with Crippen LogP contribution in [0.2, 0.25) is 4.63 Å². The van der Waals surface area contributed by atoms with Gasteiger partial charge in [-0.1, -0.05) is 0 Å². The molecule has 0 nitrogen and oxygen atoms in total. The van der Waals surface area contributed by atoms with Crippen LogP contribution in [0.15, 0.2) is 121 Å². The van der Waals surface area contributed by atoms with Gasteiger partial charge in [-0.2, -0.15) is 0 Å². The molecule has 0 heterocycles. The molecule has 0 saturated carbocycles. The second-order valence-electron chi connectivity index (χ2n) is 9.61. The fraction of sp³-hybridized carbons (Fsp3) is 0.0968. The minimum absolute atomic E-state index is 0.401. The first-order chi connectivity index (χ1) is 15.7. The Kier molecular flexibility index (Phi) is 4.60. The van der Waals surface area contributed by atoms with Crippen LogP contribution in [0.3, 0.4) is 0 Å². The molecule has 32 heavy (non-hydrogen) atoms. The second-order valence-corrected chi connectivity index (χ2v) is 25.1. The van der Waals surface area contributed by atoms with E-state index in [0.717, 1.165) is 0 Å². The van der Waals surface area contributed by atoms with Gasteiger partial charge in [0.1, 0.15) is 0 Å². The molecular weight excluding hydrogens is 464 g/mol. The van der Waals surface area contributed by atoms with Crippen molar-refractivity contribution in [1.29, 1.82) is 0 Å². The van der Waals surface area contributed by atoms with Gasteiger partial charge in [-0.15, -0.1) is 0 Å². The van der Waals surface area contributed by atoms with Crippen LogP contribution in [-0.2, 0) is 18.8 Å². The summed E-state index contributed by atoms with van der Waals surface area (Å²) in [5.74, 6) is 0. The standard InChI is InChI=1S/2C9H7.2C6H5.CH3.Zr/c2*1-2-5-9-7-3-6-8(9)4-1;2*1-2-4-6-5-3-1;;/h2*1-7H;2*1-5H;1H3;. The Morgan fingerprint density at radius 3 is 1.28 bits per heavy atom. The maximum absolute atomic E-state index is 4.17. The number of benzene rings is 4. The Balaban J connectivity index is 1.77. The van der Waals surface area contributed by atoms with Gasteiger partial charge in [0.15, 0.2) is 0 Å². The Morgan fingerprint density at radius 2 is 0.844 bits per heavy atom. The molecule has 2 atom stereocenters. The Bertz CT molecular complexity index is 1240. The molecule has 0 amide bonds. The summed E-state index contributed by atoms with van der Waals surface area (Å²) in [6, 6.07) is 41.0. The van der Waals surface area contributed by atoms with Crippen molar-refractivity contribution < 1.29 is 18.8 Å². The van der Waals surface area contributed by atoms with Crippen molar-refractivity contribution in [1.82, 2.24) is 0 Å². The molecule has 0 N–H and O–H groups in total. The number of rotatable bonds is 4. The van der Waals surface area contributed by atoms with Crippen LogP contribution in [0.1, 0.15) is 29.5 Å². The third-order valence-corrected chi connectivity index (χ3v) is 27.8. The first-order valence-electron chi connectivity index (χ1n) is 11.5. The molecule has 6 rings (SSSR count). The molecule has 0 bridgehead atoms. The molecule has 0 aliphatic heterocycles. The number of hydrogen-bond donors (Lipinski definition) is 0. The van der Waals surface area contributed by atoms with E-state index in [2.05, 4.69) is 138 Å². The van der Waals surface area contributed by atoms with E-state index in [9.17, 15) is 0 Å². The molecule has 0 saturated heterocycles. The van der Waals surface area contributed by atoms with E-state index >= 15 is 0 Å². The summed E-state index contributed by atoms with van der Waals surface area (Å²) in [5, 5.41) is 0. The van der Waals surface area contributed by atoms with E-state index in [0.29, 0.717) is 7.25 Å². The van der Waals surface area contributed by atoms with Crippen molar-refractivity contribution in [2.75, 3.05) is 0 Å². The quantitative estimate of drug-likeness (QED) is 0.291. The molecule has 0 spiro atoms. The molecule has 2 aliphatic rings. The van der Waals surface area contributed by atoms with Crippen LogP contribution in [-0.4, -0.2) is 0 Å². The van der Waals surface area contributed by atoms with Gasteiger partial charge in [0, 0.05) is 0 Å². The van der Waals surface area contributed by atoms with Crippen molar-refractivity contribution >= 4 is 18.7 Å². The predicted molar refractivity (Wildman–Crippen MR) is 134 cm³/mol. The van der Waals surface area contributed by atoms with E-state index in [-0.39, 0.29) is 0 Å². The number of fused-ring (bicyclic) bond motifs is 2. The molecule has 0 radical (unpaired) electrons. The zero-order valence-electron chi connectivity index (χ0n) is 18.4. The maximum atomic E-state index is 2.71. The zero-order valence-corrected chi connectivity index (χ0v) is 20.8. The van der Waals surface area contributed by atoms with Gasteiger partial charge in [0.05, 0.1) is 0 Å². The van der Waals surface area contributed by atoms with Crippen molar-refractivity contribution in [3.8, 4) is 0 Å². The average molecular weight is 491 g/mol. The van der Waals surface area contributed by atoms with E-state index in [1.54, 1.807) is 6.54 Å². The van der Waals surface area contributed by atoms with Crippen molar-refractivity contribution in [3.63, 3.8) is 0 Å². The SMILES string of the molecule is [CH3][Zr]([c]1ccccc1)([c]1ccccc1)([CH]1C=Cc2ccccc21)[CH]1C=Cc2ccccc21. The molecular formula is C31H27Zr. The Hall–Kier alpha value is -2.76. The molecule has 0 aromatic heterocycles. The molecule has 2 unspecified atom stereocenters. The van der Waals surface area contributed by atoms with Crippen LogP contribution in [0.4, 0.5) is 0 Å². The third-order valence-electron chi connectivity index (χ3n) is 8.28. The van der Waals surface area contributed by atoms with E-state index in [4.69, 9.17) is 0 Å². The summed E-state index contributed by atoms with van der Waals surface area (Å²) in [7, 11) is 0. The first-order valence-corrected chi connectivity index (χ1v) is 19.3. The van der Waals surface area contributed by atoms with Gasteiger partial charge < -0.3 is 0 Å². The second kappa shape index (κ2) is 7.39. The van der Waals surface area contributed by atoms with Gasteiger partial charge in [0.2, 0.25) is 0 Å². The monoisotopic (exact) mass is 489 g/mol. The Morgan fingerprint density at radius 1 is 0.469 bits per heavy atom. The van der Waals surface area contributed by atoms with Crippen LogP contribution < -0.4 is 6.54 Å². The average Bonchev–Trinajstić information content (AvgIpc) is 3.50. The summed E-state index contributed by atoms with van der Waals surface area (Å²) in [6.07, 6.45) is 9.80. The molecule has 155 valence electrons. The zero-order chi connectivity index (χ0) is 21.6. The van der Waals surface area contributed by atoms with E-state index < -0.39 is 18.8 Å². The molecule has 4 aromatic rings. The first kappa shape index (κ1) is 19.9. The van der Waals surface area contributed by atoms with Crippen LogP contribution in [0.25, 0.3) is 12.2 Å². The minimum atomic E-state index is -4.17. The van der Waals surface area contributed by atoms with Gasteiger partial charge in [-0.3, -0.25) is 0 Å². The predicted octanol–water partition coefficient (Wildman–Crippen LogP) is 6.91. The Labute approximate surface area is 192 Å². The van der Waals surface area contributed by atoms with Gasteiger partial charge in [-0.25, -0.2) is 0 Å². The van der Waals surface area contributed by atoms with Crippen molar-refractivity contribution in [2.45, 2.75) is 11.9 Å². The van der Waals surface area contributed by atoms with Gasteiger partial charge >= 0.3 is 193 Å². The normalized spacial score (nSPS) is 19.8. The van der Waals surface area contributed by atoms with Crippen LogP contribution >= 0.6 is 0 Å². The fourth-order valence-corrected chi connectivity index (χ4v) is 25.4. The summed E-state index contributed by atoms with van der Waals surface area (Å²) in [5.41, 5.74) is 5.74. The summed E-state index contributed by atoms with van der Waals surface area (Å²) in [6.45, 7) is 0. The number of hydrogen-bond acceptors (Lipinski definition) is 0.